The van der Waals surface area contributed by atoms with Gasteiger partial charge >= 0.3 is 5.97 Å². The van der Waals surface area contributed by atoms with Crippen molar-refractivity contribution >= 4 is 70.9 Å². The molecule has 3 aromatic rings. The molecule has 0 aliphatic carbocycles. The molecule has 1 aromatic heterocycles. The highest BCUT2D eigenvalue weighted by Crippen LogP contribution is 2.42. The largest absolute Gasteiger partial charge is 0.493 e. The summed E-state index contributed by atoms with van der Waals surface area (Å²) in [5, 5.41) is 4.93. The van der Waals surface area contributed by atoms with Crippen molar-refractivity contribution in [3.63, 3.8) is 0 Å². The minimum Gasteiger partial charge on any atom is -0.493 e. The van der Waals surface area contributed by atoms with Gasteiger partial charge in [0.15, 0.2) is 17.6 Å². The quantitative estimate of drug-likeness (QED) is 0.214. The second-order valence-electron chi connectivity index (χ2n) is 7.78. The zero-order chi connectivity index (χ0) is 25.9. The molecular weight excluding hydrogens is 650 g/mol. The molecule has 2 aromatic carbocycles. The van der Waals surface area contributed by atoms with E-state index in [0.29, 0.717) is 42.7 Å². The zero-order valence-corrected chi connectivity index (χ0v) is 24.5. The lowest BCUT2D eigenvalue weighted by Crippen LogP contribution is -2.26. The molecule has 8 nitrogen and oxygen atoms in total. The summed E-state index contributed by atoms with van der Waals surface area (Å²) < 4.78 is 19.5. The average molecular weight is 674 g/mol. The van der Waals surface area contributed by atoms with Crippen LogP contribution in [0.3, 0.4) is 0 Å². The molecule has 35 heavy (non-hydrogen) atoms. The first-order chi connectivity index (χ1) is 16.6. The Morgan fingerprint density at radius 3 is 2.51 bits per heavy atom. The molecule has 0 spiro atoms. The van der Waals surface area contributed by atoms with Crippen molar-refractivity contribution in [1.82, 2.24) is 9.66 Å². The standard InChI is InChI=1S/C24H24Br3N3O5/c1-6-34-24(32)13(4)35-21-18(33-5)9-14(19(26)20(21)27)11-28-30-22(12(2)3)29-17-8-7-15(25)10-16(17)23(30)31/h7-13H,6H2,1-5H3/t13-/m0/s1. The van der Waals surface area contributed by atoms with Crippen molar-refractivity contribution in [2.24, 2.45) is 5.10 Å². The maximum atomic E-state index is 13.3. The lowest BCUT2D eigenvalue weighted by molar-refractivity contribution is -0.150. The van der Waals surface area contributed by atoms with Crippen LogP contribution in [-0.2, 0) is 9.53 Å². The van der Waals surface area contributed by atoms with E-state index < -0.39 is 12.1 Å². The minimum absolute atomic E-state index is 0.0438. The summed E-state index contributed by atoms with van der Waals surface area (Å²) in [6.45, 7) is 7.47. The van der Waals surface area contributed by atoms with Crippen LogP contribution in [0.2, 0.25) is 0 Å². The van der Waals surface area contributed by atoms with Gasteiger partial charge in [-0.3, -0.25) is 4.79 Å². The van der Waals surface area contributed by atoms with Crippen molar-refractivity contribution in [3.05, 3.63) is 59.4 Å². The van der Waals surface area contributed by atoms with Gasteiger partial charge in [-0.1, -0.05) is 29.8 Å². The molecule has 0 saturated carbocycles. The number of fused-ring (bicyclic) bond motifs is 1. The summed E-state index contributed by atoms with van der Waals surface area (Å²) in [7, 11) is 1.49. The predicted molar refractivity (Wildman–Crippen MR) is 146 cm³/mol. The van der Waals surface area contributed by atoms with E-state index >= 15 is 0 Å². The monoisotopic (exact) mass is 671 g/mol. The van der Waals surface area contributed by atoms with Gasteiger partial charge in [0.25, 0.3) is 5.56 Å². The molecule has 1 heterocycles. The molecule has 0 fully saturated rings. The number of hydrogen-bond donors (Lipinski definition) is 0. The Bertz CT molecular complexity index is 1350. The highest BCUT2D eigenvalue weighted by atomic mass is 79.9. The molecule has 1 atom stereocenters. The van der Waals surface area contributed by atoms with Crippen LogP contribution in [0.15, 0.2) is 47.6 Å². The molecule has 0 bridgehead atoms. The van der Waals surface area contributed by atoms with Gasteiger partial charge in [0.1, 0.15) is 5.82 Å². The molecule has 0 saturated heterocycles. The first-order valence-corrected chi connectivity index (χ1v) is 13.1. The second-order valence-corrected chi connectivity index (χ2v) is 10.3. The molecule has 0 radical (unpaired) electrons. The summed E-state index contributed by atoms with van der Waals surface area (Å²) in [5.41, 5.74) is 0.943. The predicted octanol–water partition coefficient (Wildman–Crippen LogP) is 6.03. The number of carbonyl (C=O) groups excluding carboxylic acids is 1. The number of nitrogens with zero attached hydrogens (tertiary/aromatic N) is 3. The Kier molecular flexibility index (Phi) is 9.11. The van der Waals surface area contributed by atoms with E-state index in [-0.39, 0.29) is 18.1 Å². The van der Waals surface area contributed by atoms with Crippen LogP contribution in [0, 0.1) is 0 Å². The number of aromatic nitrogens is 2. The van der Waals surface area contributed by atoms with Crippen molar-refractivity contribution in [3.8, 4) is 11.5 Å². The lowest BCUT2D eigenvalue weighted by atomic mass is 10.2. The van der Waals surface area contributed by atoms with Gasteiger partial charge in [-0.25, -0.2) is 9.78 Å². The van der Waals surface area contributed by atoms with Crippen LogP contribution in [-0.4, -0.2) is 41.7 Å². The number of methoxy groups -OCH3 is 1. The summed E-state index contributed by atoms with van der Waals surface area (Å²) in [5.74, 6) is 0.701. The number of esters is 1. The van der Waals surface area contributed by atoms with Crippen molar-refractivity contribution in [2.45, 2.75) is 39.7 Å². The summed E-state index contributed by atoms with van der Waals surface area (Å²) in [6.07, 6.45) is 0.691. The number of halogens is 3. The van der Waals surface area contributed by atoms with Gasteiger partial charge in [-0.2, -0.15) is 9.78 Å². The number of ether oxygens (including phenoxy) is 3. The third-order valence-electron chi connectivity index (χ3n) is 4.95. The summed E-state index contributed by atoms with van der Waals surface area (Å²) in [6, 6.07) is 7.07. The topological polar surface area (TPSA) is 92.0 Å². The molecule has 0 unspecified atom stereocenters. The summed E-state index contributed by atoms with van der Waals surface area (Å²) in [4.78, 5) is 30.0. The molecule has 3 rings (SSSR count). The Labute approximate surface area is 228 Å². The summed E-state index contributed by atoms with van der Waals surface area (Å²) >= 11 is 10.5. The van der Waals surface area contributed by atoms with E-state index in [9.17, 15) is 9.59 Å². The van der Waals surface area contributed by atoms with E-state index in [0.717, 1.165) is 4.47 Å². The van der Waals surface area contributed by atoms with Gasteiger partial charge in [-0.05, 0) is 70.0 Å². The van der Waals surface area contributed by atoms with E-state index in [1.54, 1.807) is 32.0 Å². The molecule has 0 aliphatic heterocycles. The van der Waals surface area contributed by atoms with Crippen LogP contribution in [0.4, 0.5) is 0 Å². The SMILES string of the molecule is CCOC(=O)[C@H](C)Oc1c(OC)cc(C=Nn2c(C(C)C)nc3ccc(Br)cc3c2=O)c(Br)c1Br. The first kappa shape index (κ1) is 27.3. The smallest absolute Gasteiger partial charge is 0.347 e. The minimum atomic E-state index is -0.846. The zero-order valence-electron chi connectivity index (χ0n) is 19.8. The van der Waals surface area contributed by atoms with Crippen LogP contribution in [0.1, 0.15) is 45.0 Å². The molecule has 11 heteroatoms. The normalized spacial score (nSPS) is 12.4. The van der Waals surface area contributed by atoms with Gasteiger partial charge in [0, 0.05) is 20.4 Å². The highest BCUT2D eigenvalue weighted by Gasteiger charge is 2.23. The first-order valence-electron chi connectivity index (χ1n) is 10.7. The van der Waals surface area contributed by atoms with E-state index in [1.165, 1.54) is 18.0 Å². The van der Waals surface area contributed by atoms with Crippen molar-refractivity contribution in [2.75, 3.05) is 13.7 Å². The fourth-order valence-electron chi connectivity index (χ4n) is 3.22. The number of carbonyl (C=O) groups is 1. The molecular formula is C24H24Br3N3O5. The fourth-order valence-corrected chi connectivity index (χ4v) is 4.49. The van der Waals surface area contributed by atoms with E-state index in [2.05, 4.69) is 57.9 Å². The average Bonchev–Trinajstić information content (AvgIpc) is 2.82. The highest BCUT2D eigenvalue weighted by molar-refractivity contribution is 9.13. The third kappa shape index (κ3) is 5.95. The number of benzene rings is 2. The maximum absolute atomic E-state index is 13.3. The number of hydrogen-bond acceptors (Lipinski definition) is 7. The van der Waals surface area contributed by atoms with Crippen LogP contribution in [0.5, 0.6) is 11.5 Å². The Hall–Kier alpha value is -2.24. The fraction of sp³-hybridized carbons (Fsp3) is 0.333. The van der Waals surface area contributed by atoms with Gasteiger partial charge in [0.05, 0.1) is 35.3 Å². The number of rotatable bonds is 8. The Morgan fingerprint density at radius 1 is 1.17 bits per heavy atom. The Balaban J connectivity index is 2.08. The molecule has 0 N–H and O–H groups in total. The third-order valence-corrected chi connectivity index (χ3v) is 7.59. The molecule has 0 aliphatic rings. The van der Waals surface area contributed by atoms with Crippen molar-refractivity contribution in [1.29, 1.82) is 0 Å². The van der Waals surface area contributed by atoms with Crippen LogP contribution < -0.4 is 15.0 Å². The van der Waals surface area contributed by atoms with Gasteiger partial charge in [-0.15, -0.1) is 0 Å². The van der Waals surface area contributed by atoms with E-state index in [4.69, 9.17) is 14.2 Å². The maximum Gasteiger partial charge on any atom is 0.347 e. The van der Waals surface area contributed by atoms with E-state index in [1.807, 2.05) is 19.9 Å². The molecule has 0 amide bonds. The van der Waals surface area contributed by atoms with Crippen LogP contribution in [0.25, 0.3) is 10.9 Å². The Morgan fingerprint density at radius 2 is 1.89 bits per heavy atom. The molecule has 186 valence electrons. The van der Waals surface area contributed by atoms with Crippen molar-refractivity contribution < 1.29 is 19.0 Å². The lowest BCUT2D eigenvalue weighted by Gasteiger charge is -2.18. The second kappa shape index (κ2) is 11.7. The van der Waals surface area contributed by atoms with Crippen LogP contribution >= 0.6 is 47.8 Å². The van der Waals surface area contributed by atoms with Gasteiger partial charge < -0.3 is 14.2 Å². The van der Waals surface area contributed by atoms with Gasteiger partial charge in [0.2, 0.25) is 0 Å².